The maximum Gasteiger partial charge on any atom is 0.198 e. The topological polar surface area (TPSA) is 134 Å². The minimum absolute atomic E-state index is 0.0129. The summed E-state index contributed by atoms with van der Waals surface area (Å²) in [5.41, 5.74) is -1.23. The Labute approximate surface area is 271 Å². The molecule has 0 fully saturated rings. The molecule has 5 aromatic carbocycles. The third-order valence-corrected chi connectivity index (χ3v) is 9.29. The van der Waals surface area contributed by atoms with E-state index in [1.165, 1.54) is 12.1 Å². The molecule has 2 aliphatic carbocycles. The average molecular weight is 629 g/mol. The second kappa shape index (κ2) is 11.5. The normalized spacial score (nSPS) is 18.7. The molecule has 0 aromatic heterocycles. The standard InChI is InChI=1S/C39H32O8/c1-46-26-18-16-25(17-19-26)39(23-10-4-2-5-11-23,24-12-6-3-7-13-24)47-22-38(45)20-29-31(30(40)21-38)37(44)33-32(36(29)43)34(41)27-14-8-9-15-28(27)35(33)42/h2-19,30,40,43-45H,20-22H2,1H3/t30-,38-/m0/s1. The number of rotatable bonds is 7. The first kappa shape index (κ1) is 30.4. The van der Waals surface area contributed by atoms with Crippen molar-refractivity contribution in [3.63, 3.8) is 0 Å². The van der Waals surface area contributed by atoms with Crippen LogP contribution >= 0.6 is 0 Å². The summed E-state index contributed by atoms with van der Waals surface area (Å²) in [6, 6.07) is 32.8. The van der Waals surface area contributed by atoms with Crippen molar-refractivity contribution in [1.82, 2.24) is 0 Å². The van der Waals surface area contributed by atoms with Gasteiger partial charge in [0.15, 0.2) is 11.6 Å². The number of benzene rings is 5. The van der Waals surface area contributed by atoms with Crippen LogP contribution in [-0.4, -0.2) is 51.3 Å². The fourth-order valence-electron chi connectivity index (χ4n) is 7.06. The molecular weight excluding hydrogens is 596 g/mol. The first-order valence-corrected chi connectivity index (χ1v) is 15.3. The second-order valence-electron chi connectivity index (χ2n) is 12.1. The molecule has 0 radical (unpaired) electrons. The van der Waals surface area contributed by atoms with Crippen LogP contribution in [0.2, 0.25) is 0 Å². The average Bonchev–Trinajstić information content (AvgIpc) is 3.10. The van der Waals surface area contributed by atoms with Crippen LogP contribution < -0.4 is 4.74 Å². The zero-order valence-electron chi connectivity index (χ0n) is 25.5. The molecule has 0 amide bonds. The van der Waals surface area contributed by atoms with Gasteiger partial charge in [-0.1, -0.05) is 97.1 Å². The van der Waals surface area contributed by atoms with Crippen LogP contribution in [0, 0.1) is 0 Å². The molecule has 2 aliphatic rings. The van der Waals surface area contributed by atoms with E-state index in [1.807, 2.05) is 84.9 Å². The van der Waals surface area contributed by atoms with Crippen molar-refractivity contribution in [2.75, 3.05) is 13.7 Å². The molecular formula is C39H32O8. The Morgan fingerprint density at radius 3 is 1.74 bits per heavy atom. The molecule has 0 aliphatic heterocycles. The van der Waals surface area contributed by atoms with Crippen LogP contribution in [0.25, 0.3) is 0 Å². The van der Waals surface area contributed by atoms with Gasteiger partial charge in [0, 0.05) is 35.1 Å². The highest BCUT2D eigenvalue weighted by atomic mass is 16.5. The van der Waals surface area contributed by atoms with E-state index in [9.17, 15) is 30.0 Å². The highest BCUT2D eigenvalue weighted by Gasteiger charge is 2.47. The smallest absolute Gasteiger partial charge is 0.198 e. The van der Waals surface area contributed by atoms with Crippen LogP contribution in [0.1, 0.15) is 72.2 Å². The summed E-state index contributed by atoms with van der Waals surface area (Å²) < 4.78 is 12.3. The number of methoxy groups -OCH3 is 1. The molecule has 47 heavy (non-hydrogen) atoms. The van der Waals surface area contributed by atoms with Gasteiger partial charge in [-0.3, -0.25) is 9.59 Å². The molecule has 5 aromatic rings. The van der Waals surface area contributed by atoms with Crippen LogP contribution in [-0.2, 0) is 16.8 Å². The third kappa shape index (κ3) is 4.80. The number of aliphatic hydroxyl groups excluding tert-OH is 1. The fourth-order valence-corrected chi connectivity index (χ4v) is 7.06. The predicted octanol–water partition coefficient (Wildman–Crippen LogP) is 5.60. The number of fused-ring (bicyclic) bond motifs is 3. The second-order valence-corrected chi connectivity index (χ2v) is 12.1. The number of aliphatic hydroxyl groups is 2. The Hall–Kier alpha value is -5.28. The van der Waals surface area contributed by atoms with E-state index in [0.717, 1.165) is 16.7 Å². The van der Waals surface area contributed by atoms with Crippen molar-refractivity contribution in [2.24, 2.45) is 0 Å². The molecule has 4 N–H and O–H groups in total. The van der Waals surface area contributed by atoms with Crippen molar-refractivity contribution in [3.8, 4) is 17.2 Å². The quantitative estimate of drug-likeness (QED) is 0.133. The molecule has 8 heteroatoms. The monoisotopic (exact) mass is 628 g/mol. The maximum absolute atomic E-state index is 13.5. The van der Waals surface area contributed by atoms with E-state index in [2.05, 4.69) is 0 Å². The zero-order valence-corrected chi connectivity index (χ0v) is 25.5. The summed E-state index contributed by atoms with van der Waals surface area (Å²) in [7, 11) is 1.58. The Morgan fingerprint density at radius 1 is 0.723 bits per heavy atom. The van der Waals surface area contributed by atoms with Gasteiger partial charge in [-0.15, -0.1) is 0 Å². The van der Waals surface area contributed by atoms with Gasteiger partial charge < -0.3 is 29.9 Å². The zero-order chi connectivity index (χ0) is 32.9. The van der Waals surface area contributed by atoms with E-state index >= 15 is 0 Å². The van der Waals surface area contributed by atoms with E-state index in [0.29, 0.717) is 5.75 Å². The van der Waals surface area contributed by atoms with E-state index in [4.69, 9.17) is 9.47 Å². The molecule has 0 heterocycles. The van der Waals surface area contributed by atoms with Crippen molar-refractivity contribution >= 4 is 11.6 Å². The van der Waals surface area contributed by atoms with Crippen LogP contribution in [0.4, 0.5) is 0 Å². The van der Waals surface area contributed by atoms with E-state index in [1.54, 1.807) is 19.2 Å². The molecule has 0 saturated carbocycles. The molecule has 0 bridgehead atoms. The first-order valence-electron chi connectivity index (χ1n) is 15.3. The Morgan fingerprint density at radius 2 is 1.21 bits per heavy atom. The van der Waals surface area contributed by atoms with Gasteiger partial charge in [0.25, 0.3) is 0 Å². The molecule has 8 nitrogen and oxygen atoms in total. The van der Waals surface area contributed by atoms with Gasteiger partial charge in [0.1, 0.15) is 22.8 Å². The predicted molar refractivity (Wildman–Crippen MR) is 173 cm³/mol. The minimum Gasteiger partial charge on any atom is -0.507 e. The summed E-state index contributed by atoms with van der Waals surface area (Å²) in [5.74, 6) is -1.72. The number of aromatic hydroxyl groups is 2. The van der Waals surface area contributed by atoms with Gasteiger partial charge in [-0.25, -0.2) is 0 Å². The van der Waals surface area contributed by atoms with Gasteiger partial charge >= 0.3 is 0 Å². The largest absolute Gasteiger partial charge is 0.507 e. The number of ketones is 2. The van der Waals surface area contributed by atoms with Crippen LogP contribution in [0.3, 0.4) is 0 Å². The lowest BCUT2D eigenvalue weighted by atomic mass is 9.73. The number of phenols is 2. The summed E-state index contributed by atoms with van der Waals surface area (Å²) in [5, 5.41) is 46.4. The molecule has 0 unspecified atom stereocenters. The summed E-state index contributed by atoms with van der Waals surface area (Å²) >= 11 is 0. The number of hydrogen-bond donors (Lipinski definition) is 4. The van der Waals surface area contributed by atoms with Gasteiger partial charge in [-0.05, 0) is 28.8 Å². The van der Waals surface area contributed by atoms with Crippen molar-refractivity contribution < 1.29 is 39.5 Å². The summed E-state index contributed by atoms with van der Waals surface area (Å²) in [4.78, 5) is 27.0. The van der Waals surface area contributed by atoms with E-state index < -0.39 is 40.4 Å². The minimum atomic E-state index is -1.76. The first-order chi connectivity index (χ1) is 22.7. The number of ether oxygens (including phenoxy) is 2. The lowest BCUT2D eigenvalue weighted by molar-refractivity contribution is -0.114. The highest BCUT2D eigenvalue weighted by Crippen LogP contribution is 2.51. The maximum atomic E-state index is 13.5. The molecule has 0 saturated heterocycles. The van der Waals surface area contributed by atoms with Gasteiger partial charge in [0.05, 0.1) is 36.5 Å². The fraction of sp³-hybridized carbons (Fsp3) is 0.179. The van der Waals surface area contributed by atoms with Crippen LogP contribution in [0.5, 0.6) is 17.2 Å². The third-order valence-electron chi connectivity index (χ3n) is 9.29. The van der Waals surface area contributed by atoms with Gasteiger partial charge in [0.2, 0.25) is 0 Å². The molecule has 7 rings (SSSR count). The van der Waals surface area contributed by atoms with Crippen molar-refractivity contribution in [3.05, 3.63) is 159 Å². The van der Waals surface area contributed by atoms with E-state index in [-0.39, 0.29) is 52.8 Å². The van der Waals surface area contributed by atoms with Crippen LogP contribution in [0.15, 0.2) is 109 Å². The number of carbonyl (C=O) groups is 2. The van der Waals surface area contributed by atoms with Crippen molar-refractivity contribution in [1.29, 1.82) is 0 Å². The summed E-state index contributed by atoms with van der Waals surface area (Å²) in [6.45, 7) is -0.313. The SMILES string of the molecule is COc1ccc(C(OC[C@]2(O)Cc3c(O)c4c(c(O)c3[C@@H](O)C2)C(=O)c2ccccc2C4=O)(c2ccccc2)c2ccccc2)cc1. The number of hydrogen-bond acceptors (Lipinski definition) is 8. The lowest BCUT2D eigenvalue weighted by Crippen LogP contribution is -2.46. The van der Waals surface area contributed by atoms with Crippen molar-refractivity contribution in [2.45, 2.75) is 30.1 Å². The Kier molecular flexibility index (Phi) is 7.44. The number of carbonyl (C=O) groups excluding carboxylic acids is 2. The lowest BCUT2D eigenvalue weighted by Gasteiger charge is -2.42. The highest BCUT2D eigenvalue weighted by molar-refractivity contribution is 6.30. The molecule has 2 atom stereocenters. The Balaban J connectivity index is 1.33. The molecule has 236 valence electrons. The number of phenolic OH excluding ortho intramolecular Hbond substituents is 2. The summed E-state index contributed by atoms with van der Waals surface area (Å²) in [6.07, 6.45) is -2.02. The Bertz CT molecular complexity index is 1960. The van der Waals surface area contributed by atoms with Gasteiger partial charge in [-0.2, -0.15) is 0 Å². The molecule has 0 spiro atoms.